The molecule has 0 amide bonds. The maximum Gasteiger partial charge on any atom is 0.0824 e. The summed E-state index contributed by atoms with van der Waals surface area (Å²) in [5, 5.41) is 2.12. The van der Waals surface area contributed by atoms with E-state index in [0.717, 1.165) is 26.2 Å². The second kappa shape index (κ2) is 8.28. The normalized spacial score (nSPS) is 20.9. The molecule has 1 saturated heterocycles. The number of hydrogen-bond acceptors (Lipinski definition) is 4. The molecule has 94 valence electrons. The molecule has 2 heterocycles. The van der Waals surface area contributed by atoms with Crippen LogP contribution in [-0.2, 0) is 11.3 Å². The molecule has 1 aliphatic heterocycles. The van der Waals surface area contributed by atoms with E-state index in [0.29, 0.717) is 6.54 Å². The van der Waals surface area contributed by atoms with E-state index in [9.17, 15) is 0 Å². The van der Waals surface area contributed by atoms with Crippen LogP contribution < -0.4 is 5.73 Å². The van der Waals surface area contributed by atoms with Crippen LogP contribution in [0.4, 0.5) is 0 Å². The third kappa shape index (κ3) is 4.57. The van der Waals surface area contributed by atoms with Crippen LogP contribution in [0.2, 0.25) is 0 Å². The highest BCUT2D eigenvalue weighted by Gasteiger charge is 2.19. The predicted octanol–water partition coefficient (Wildman–Crippen LogP) is 1.75. The second-order valence-corrected chi connectivity index (χ2v) is 4.58. The molecule has 0 bridgehead atoms. The minimum atomic E-state index is 0. The summed E-state index contributed by atoms with van der Waals surface area (Å²) in [6.45, 7) is 4.47. The fraction of sp³-hybridized carbons (Fsp3) is 0.600. The van der Waals surface area contributed by atoms with Crippen LogP contribution in [-0.4, -0.2) is 37.2 Å². The monoisotopic (exact) mass is 284 g/mol. The highest BCUT2D eigenvalue weighted by molar-refractivity contribution is 7.09. The molecule has 16 heavy (non-hydrogen) atoms. The summed E-state index contributed by atoms with van der Waals surface area (Å²) in [6, 6.07) is 4.28. The number of nitrogens with zero attached hydrogens (tertiary/aromatic N) is 1. The average molecular weight is 285 g/mol. The summed E-state index contributed by atoms with van der Waals surface area (Å²) in [5.41, 5.74) is 5.59. The van der Waals surface area contributed by atoms with Crippen molar-refractivity contribution in [2.24, 2.45) is 5.73 Å². The Morgan fingerprint density at radius 3 is 2.94 bits per heavy atom. The Hall–Kier alpha value is 0.160. The first-order chi connectivity index (χ1) is 6.88. The van der Waals surface area contributed by atoms with Crippen molar-refractivity contribution < 1.29 is 4.74 Å². The van der Waals surface area contributed by atoms with Gasteiger partial charge in [0.25, 0.3) is 0 Å². The highest BCUT2D eigenvalue weighted by atomic mass is 35.5. The van der Waals surface area contributed by atoms with Crippen LogP contribution in [0.3, 0.4) is 0 Å². The summed E-state index contributed by atoms with van der Waals surface area (Å²) >= 11 is 1.81. The van der Waals surface area contributed by atoms with Gasteiger partial charge in [0.1, 0.15) is 0 Å². The van der Waals surface area contributed by atoms with E-state index in [1.807, 2.05) is 11.3 Å². The zero-order chi connectivity index (χ0) is 9.80. The first-order valence-electron chi connectivity index (χ1n) is 4.95. The smallest absolute Gasteiger partial charge is 0.0824 e. The number of rotatable bonds is 3. The molecule has 1 aromatic rings. The number of ether oxygens (including phenoxy) is 1. The topological polar surface area (TPSA) is 38.5 Å². The average Bonchev–Trinajstić information content (AvgIpc) is 2.71. The van der Waals surface area contributed by atoms with Gasteiger partial charge in [0.2, 0.25) is 0 Å². The van der Waals surface area contributed by atoms with E-state index in [-0.39, 0.29) is 30.9 Å². The summed E-state index contributed by atoms with van der Waals surface area (Å²) in [7, 11) is 0. The molecule has 0 aliphatic carbocycles. The number of thiophene rings is 1. The predicted molar refractivity (Wildman–Crippen MR) is 72.9 cm³/mol. The number of nitrogens with two attached hydrogens (primary N) is 1. The lowest BCUT2D eigenvalue weighted by Crippen LogP contribution is -2.44. The van der Waals surface area contributed by atoms with Gasteiger partial charge in [-0.15, -0.1) is 36.2 Å². The van der Waals surface area contributed by atoms with Crippen molar-refractivity contribution in [3.8, 4) is 0 Å². The van der Waals surface area contributed by atoms with E-state index in [4.69, 9.17) is 10.5 Å². The van der Waals surface area contributed by atoms with Gasteiger partial charge in [0, 0.05) is 31.1 Å². The minimum absolute atomic E-state index is 0. The second-order valence-electron chi connectivity index (χ2n) is 3.54. The van der Waals surface area contributed by atoms with Gasteiger partial charge in [-0.05, 0) is 11.4 Å². The van der Waals surface area contributed by atoms with Crippen LogP contribution in [0.5, 0.6) is 0 Å². The molecule has 3 nitrogen and oxygen atoms in total. The fourth-order valence-corrected chi connectivity index (χ4v) is 2.44. The van der Waals surface area contributed by atoms with E-state index < -0.39 is 0 Å². The van der Waals surface area contributed by atoms with Gasteiger partial charge in [-0.2, -0.15) is 0 Å². The lowest BCUT2D eigenvalue weighted by atomic mass is 10.2. The molecule has 0 radical (unpaired) electrons. The van der Waals surface area contributed by atoms with Crippen molar-refractivity contribution >= 4 is 36.2 Å². The van der Waals surface area contributed by atoms with E-state index in [2.05, 4.69) is 22.4 Å². The molecule has 1 unspecified atom stereocenters. The Morgan fingerprint density at radius 1 is 1.50 bits per heavy atom. The molecule has 1 fully saturated rings. The largest absolute Gasteiger partial charge is 0.374 e. The van der Waals surface area contributed by atoms with Gasteiger partial charge in [-0.1, -0.05) is 6.07 Å². The number of morpholine rings is 1. The van der Waals surface area contributed by atoms with Gasteiger partial charge >= 0.3 is 0 Å². The molecule has 0 aromatic carbocycles. The first-order valence-corrected chi connectivity index (χ1v) is 5.83. The van der Waals surface area contributed by atoms with Crippen molar-refractivity contribution in [3.63, 3.8) is 0 Å². The van der Waals surface area contributed by atoms with E-state index >= 15 is 0 Å². The standard InChI is InChI=1S/C10H16N2OS.2ClH/c11-6-9-7-12(3-4-13-9)8-10-2-1-5-14-10;;/h1-2,5,9H,3-4,6-8,11H2;2*1H. The molecule has 6 heteroatoms. The van der Waals surface area contributed by atoms with Gasteiger partial charge in [0.15, 0.2) is 0 Å². The number of hydrogen-bond donors (Lipinski definition) is 1. The van der Waals surface area contributed by atoms with E-state index in [1.165, 1.54) is 4.88 Å². The molecular formula is C10H18Cl2N2OS. The zero-order valence-electron chi connectivity index (χ0n) is 9.00. The van der Waals surface area contributed by atoms with Crippen molar-refractivity contribution in [1.29, 1.82) is 0 Å². The Morgan fingerprint density at radius 2 is 2.31 bits per heavy atom. The Kier molecular flexibility index (Phi) is 8.36. The maximum atomic E-state index is 5.59. The van der Waals surface area contributed by atoms with Crippen LogP contribution in [0, 0.1) is 0 Å². The van der Waals surface area contributed by atoms with Gasteiger partial charge in [0.05, 0.1) is 12.7 Å². The lowest BCUT2D eigenvalue weighted by molar-refractivity contribution is -0.0257. The summed E-state index contributed by atoms with van der Waals surface area (Å²) < 4.78 is 5.51. The molecule has 1 aliphatic rings. The van der Waals surface area contributed by atoms with Crippen LogP contribution in [0.25, 0.3) is 0 Å². The Bertz CT molecular complexity index is 272. The molecular weight excluding hydrogens is 267 g/mol. The SMILES string of the molecule is Cl.Cl.NCC1CN(Cc2cccs2)CCO1. The Balaban J connectivity index is 0.00000112. The zero-order valence-corrected chi connectivity index (χ0v) is 11.5. The fourth-order valence-electron chi connectivity index (χ4n) is 1.69. The minimum Gasteiger partial charge on any atom is -0.374 e. The van der Waals surface area contributed by atoms with Crippen molar-refractivity contribution in [1.82, 2.24) is 4.90 Å². The molecule has 0 saturated carbocycles. The molecule has 0 spiro atoms. The van der Waals surface area contributed by atoms with Gasteiger partial charge < -0.3 is 10.5 Å². The lowest BCUT2D eigenvalue weighted by Gasteiger charge is -2.31. The molecule has 1 aromatic heterocycles. The van der Waals surface area contributed by atoms with Crippen molar-refractivity contribution in [3.05, 3.63) is 22.4 Å². The van der Waals surface area contributed by atoms with Gasteiger partial charge in [-0.25, -0.2) is 0 Å². The summed E-state index contributed by atoms with van der Waals surface area (Å²) in [5.74, 6) is 0. The van der Waals surface area contributed by atoms with E-state index in [1.54, 1.807) is 0 Å². The quantitative estimate of drug-likeness (QED) is 0.919. The van der Waals surface area contributed by atoms with Crippen LogP contribution in [0.1, 0.15) is 4.88 Å². The molecule has 1 atom stereocenters. The van der Waals surface area contributed by atoms with Crippen LogP contribution in [0.15, 0.2) is 17.5 Å². The van der Waals surface area contributed by atoms with Crippen molar-refractivity contribution in [2.75, 3.05) is 26.2 Å². The third-order valence-corrected chi connectivity index (χ3v) is 3.31. The number of halogens is 2. The maximum absolute atomic E-state index is 5.59. The van der Waals surface area contributed by atoms with Gasteiger partial charge in [-0.3, -0.25) is 4.90 Å². The summed E-state index contributed by atoms with van der Waals surface area (Å²) in [6.07, 6.45) is 0.226. The van der Waals surface area contributed by atoms with Crippen LogP contribution >= 0.6 is 36.2 Å². The molecule has 2 rings (SSSR count). The highest BCUT2D eigenvalue weighted by Crippen LogP contribution is 2.14. The Labute approximate surface area is 113 Å². The van der Waals surface area contributed by atoms with Crippen molar-refractivity contribution in [2.45, 2.75) is 12.6 Å². The summed E-state index contributed by atoms with van der Waals surface area (Å²) in [4.78, 5) is 3.83. The third-order valence-electron chi connectivity index (χ3n) is 2.45. The molecule has 2 N–H and O–H groups in total. The first kappa shape index (κ1) is 16.2.